The predicted molar refractivity (Wildman–Crippen MR) is 162 cm³/mol. The van der Waals surface area contributed by atoms with Crippen molar-refractivity contribution >= 4 is 16.9 Å². The molecule has 1 saturated heterocycles. The van der Waals surface area contributed by atoms with E-state index in [0.717, 1.165) is 69.1 Å². The van der Waals surface area contributed by atoms with Crippen molar-refractivity contribution in [2.75, 3.05) is 26.3 Å². The first-order valence-electron chi connectivity index (χ1n) is 14.6. The fourth-order valence-corrected chi connectivity index (χ4v) is 6.11. The van der Waals surface area contributed by atoms with Gasteiger partial charge >= 0.3 is 0 Å². The number of ether oxygens (including phenoxy) is 1. The first-order valence-corrected chi connectivity index (χ1v) is 14.6. The van der Waals surface area contributed by atoms with Crippen molar-refractivity contribution in [1.29, 1.82) is 0 Å². The zero-order valence-corrected chi connectivity index (χ0v) is 24.6. The molecule has 7 heteroatoms. The third-order valence-corrected chi connectivity index (χ3v) is 8.18. The summed E-state index contributed by atoms with van der Waals surface area (Å²) in [5.41, 5.74) is 8.13. The van der Waals surface area contributed by atoms with Crippen LogP contribution in [0.15, 0.2) is 81.7 Å². The number of morpholine rings is 1. The molecule has 0 saturated carbocycles. The third kappa shape index (κ3) is 5.75. The van der Waals surface area contributed by atoms with Crippen LogP contribution < -0.4 is 5.32 Å². The zero-order chi connectivity index (χ0) is 29.2. The second kappa shape index (κ2) is 12.0. The number of aromatic nitrogens is 1. The molecule has 6 rings (SSSR count). The number of nitrogens with one attached hydrogen (secondary N) is 1. The molecule has 3 heterocycles. The molecule has 42 heavy (non-hydrogen) atoms. The van der Waals surface area contributed by atoms with Crippen molar-refractivity contribution in [2.45, 2.75) is 46.2 Å². The molecule has 5 aromatic rings. The summed E-state index contributed by atoms with van der Waals surface area (Å²) in [7, 11) is 0. The Bertz CT molecular complexity index is 1680. The number of nitrogens with zero attached hydrogens (tertiary/aromatic N) is 2. The molecule has 1 aliphatic rings. The number of furan rings is 1. The molecule has 0 aliphatic carbocycles. The van der Waals surface area contributed by atoms with E-state index in [4.69, 9.17) is 13.7 Å². The molecule has 0 bridgehead atoms. The second-order valence-corrected chi connectivity index (χ2v) is 11.3. The predicted octanol–water partition coefficient (Wildman–Crippen LogP) is 6.52. The number of carbonyl (C=O) groups is 1. The molecule has 7 nitrogen and oxygen atoms in total. The molecular formula is C35H37N3O4. The summed E-state index contributed by atoms with van der Waals surface area (Å²) in [6.45, 7) is 11.0. The van der Waals surface area contributed by atoms with E-state index in [-0.39, 0.29) is 24.4 Å². The second-order valence-electron chi connectivity index (χ2n) is 11.3. The van der Waals surface area contributed by atoms with Crippen LogP contribution in [-0.4, -0.2) is 42.3 Å². The lowest BCUT2D eigenvalue weighted by molar-refractivity contribution is -0.120. The topological polar surface area (TPSA) is 80.7 Å². The number of carbonyl (C=O) groups excluding carboxylic acids is 1. The maximum atomic E-state index is 13.5. The number of fused-ring (bicyclic) bond motifs is 1. The van der Waals surface area contributed by atoms with Gasteiger partial charge in [-0.25, -0.2) is 0 Å². The molecule has 0 spiro atoms. The van der Waals surface area contributed by atoms with Gasteiger partial charge in [0.1, 0.15) is 17.1 Å². The molecule has 2 unspecified atom stereocenters. The largest absolute Gasteiger partial charge is 0.459 e. The van der Waals surface area contributed by atoms with E-state index in [9.17, 15) is 4.79 Å². The van der Waals surface area contributed by atoms with Gasteiger partial charge in [0.2, 0.25) is 5.91 Å². The average molecular weight is 564 g/mol. The maximum Gasteiger partial charge on any atom is 0.225 e. The van der Waals surface area contributed by atoms with Gasteiger partial charge in [-0.15, -0.1) is 0 Å². The van der Waals surface area contributed by atoms with E-state index in [1.807, 2.05) is 44.2 Å². The Hall–Kier alpha value is -4.20. The lowest BCUT2D eigenvalue weighted by Crippen LogP contribution is -2.39. The van der Waals surface area contributed by atoms with Crippen LogP contribution in [0, 0.1) is 27.7 Å². The van der Waals surface area contributed by atoms with Crippen molar-refractivity contribution < 1.29 is 18.5 Å². The number of rotatable bonds is 8. The molecule has 0 radical (unpaired) electrons. The fourth-order valence-electron chi connectivity index (χ4n) is 6.11. The molecule has 216 valence electrons. The van der Waals surface area contributed by atoms with Crippen molar-refractivity contribution in [3.8, 4) is 0 Å². The van der Waals surface area contributed by atoms with Crippen molar-refractivity contribution in [1.82, 2.24) is 15.4 Å². The molecule has 1 amide bonds. The van der Waals surface area contributed by atoms with E-state index in [1.54, 1.807) is 0 Å². The molecule has 2 aromatic heterocycles. The fraction of sp³-hybridized carbons (Fsp3) is 0.314. The lowest BCUT2D eigenvalue weighted by atomic mass is 9.93. The van der Waals surface area contributed by atoms with Crippen LogP contribution in [0.1, 0.15) is 62.7 Å². The van der Waals surface area contributed by atoms with Crippen LogP contribution in [0.4, 0.5) is 0 Å². The van der Waals surface area contributed by atoms with Gasteiger partial charge in [-0.1, -0.05) is 65.3 Å². The summed E-state index contributed by atoms with van der Waals surface area (Å²) in [5.74, 6) is 1.59. The average Bonchev–Trinajstić information content (AvgIpc) is 3.55. The van der Waals surface area contributed by atoms with Crippen molar-refractivity contribution in [3.63, 3.8) is 0 Å². The number of benzene rings is 3. The number of aryl methyl sites for hydroxylation is 4. The smallest absolute Gasteiger partial charge is 0.225 e. The summed E-state index contributed by atoms with van der Waals surface area (Å²) < 4.78 is 17.6. The highest BCUT2D eigenvalue weighted by Crippen LogP contribution is 2.37. The van der Waals surface area contributed by atoms with E-state index < -0.39 is 0 Å². The summed E-state index contributed by atoms with van der Waals surface area (Å²) in [4.78, 5) is 15.8. The minimum absolute atomic E-state index is 0.0335. The highest BCUT2D eigenvalue weighted by atomic mass is 16.5. The Morgan fingerprint density at radius 3 is 2.45 bits per heavy atom. The molecule has 1 aliphatic heterocycles. The maximum absolute atomic E-state index is 13.5. The van der Waals surface area contributed by atoms with Gasteiger partial charge < -0.3 is 19.0 Å². The minimum Gasteiger partial charge on any atom is -0.459 e. The van der Waals surface area contributed by atoms with Gasteiger partial charge in [0.15, 0.2) is 0 Å². The first-order chi connectivity index (χ1) is 20.4. The van der Waals surface area contributed by atoms with Gasteiger partial charge in [0.05, 0.1) is 37.4 Å². The SMILES string of the molecule is Cc1ccc(C(NC(=O)Cc2ccc3oc(C(c4c(C)noc4C)N4CCOCC4)cc3c2)c2ccccc2)c(C)c1. The standard InChI is InChI=1S/C35H37N3O4/c1-22-10-12-29(23(2)18-22)34(27-8-6-5-7-9-27)36-32(39)20-26-11-13-30-28(19-26)21-31(41-30)35(38-14-16-40-17-15-38)33-24(3)37-42-25(33)4/h5-13,18-19,21,34-35H,14-17,20H2,1-4H3,(H,36,39). The summed E-state index contributed by atoms with van der Waals surface area (Å²) in [5, 5.41) is 8.49. The Morgan fingerprint density at radius 2 is 1.74 bits per heavy atom. The van der Waals surface area contributed by atoms with E-state index in [1.165, 1.54) is 5.56 Å². The van der Waals surface area contributed by atoms with Crippen molar-refractivity contribution in [3.05, 3.63) is 123 Å². The molecule has 2 atom stereocenters. The van der Waals surface area contributed by atoms with Gasteiger partial charge in [-0.2, -0.15) is 0 Å². The zero-order valence-electron chi connectivity index (χ0n) is 24.6. The molecule has 1 N–H and O–H groups in total. The van der Waals surface area contributed by atoms with Crippen molar-refractivity contribution in [2.24, 2.45) is 0 Å². The molecule has 1 fully saturated rings. The molecular weight excluding hydrogens is 526 g/mol. The highest BCUT2D eigenvalue weighted by molar-refractivity contribution is 5.83. The number of hydrogen-bond acceptors (Lipinski definition) is 6. The van der Waals surface area contributed by atoms with Gasteiger partial charge in [-0.3, -0.25) is 9.69 Å². The van der Waals surface area contributed by atoms with E-state index in [0.29, 0.717) is 13.2 Å². The van der Waals surface area contributed by atoms with Crippen LogP contribution in [0.2, 0.25) is 0 Å². The van der Waals surface area contributed by atoms with E-state index >= 15 is 0 Å². The van der Waals surface area contributed by atoms with Gasteiger partial charge in [0.25, 0.3) is 0 Å². The highest BCUT2D eigenvalue weighted by Gasteiger charge is 2.32. The number of hydrogen-bond donors (Lipinski definition) is 1. The Morgan fingerprint density at radius 1 is 0.952 bits per heavy atom. The minimum atomic E-state index is -0.229. The van der Waals surface area contributed by atoms with Crippen LogP contribution in [0.3, 0.4) is 0 Å². The normalized spacial score (nSPS) is 15.5. The Balaban J connectivity index is 1.26. The van der Waals surface area contributed by atoms with E-state index in [2.05, 4.69) is 71.7 Å². The monoisotopic (exact) mass is 563 g/mol. The lowest BCUT2D eigenvalue weighted by Gasteiger charge is -2.33. The summed E-state index contributed by atoms with van der Waals surface area (Å²) in [6.07, 6.45) is 0.265. The molecule has 3 aromatic carbocycles. The third-order valence-electron chi connectivity index (χ3n) is 8.18. The number of amides is 1. The van der Waals surface area contributed by atoms with Gasteiger partial charge in [0, 0.05) is 24.0 Å². The first kappa shape index (κ1) is 27.9. The van der Waals surface area contributed by atoms with Gasteiger partial charge in [-0.05, 0) is 68.1 Å². The quantitative estimate of drug-likeness (QED) is 0.231. The van der Waals surface area contributed by atoms with Crippen LogP contribution >= 0.6 is 0 Å². The van der Waals surface area contributed by atoms with Crippen LogP contribution in [0.25, 0.3) is 11.0 Å². The summed E-state index contributed by atoms with van der Waals surface area (Å²) >= 11 is 0. The van der Waals surface area contributed by atoms with Crippen LogP contribution in [0.5, 0.6) is 0 Å². The Labute approximate surface area is 246 Å². The Kier molecular flexibility index (Phi) is 7.96. The van der Waals surface area contributed by atoms with Crippen LogP contribution in [-0.2, 0) is 16.0 Å². The summed E-state index contributed by atoms with van der Waals surface area (Å²) in [6, 6.07) is 24.2.